The maximum Gasteiger partial charge on any atom is 0.258 e. The van der Waals surface area contributed by atoms with Gasteiger partial charge in [-0.1, -0.05) is 54.1 Å². The highest BCUT2D eigenvalue weighted by Gasteiger charge is 2.35. The number of amides is 1. The molecule has 2 aromatic heterocycles. The summed E-state index contributed by atoms with van der Waals surface area (Å²) in [5, 5.41) is 7.63. The number of hydrogen-bond acceptors (Lipinski definition) is 5. The lowest BCUT2D eigenvalue weighted by Gasteiger charge is -2.21. The van der Waals surface area contributed by atoms with Gasteiger partial charge < -0.3 is 4.98 Å². The highest BCUT2D eigenvalue weighted by molar-refractivity contribution is 6.30. The van der Waals surface area contributed by atoms with Crippen LogP contribution >= 0.6 is 11.6 Å². The molecule has 1 aliphatic rings. The molecule has 0 saturated heterocycles. The van der Waals surface area contributed by atoms with Crippen molar-refractivity contribution in [3.63, 3.8) is 0 Å². The first-order valence-electron chi connectivity index (χ1n) is 11.5. The third-order valence-corrected chi connectivity index (χ3v) is 6.72. The van der Waals surface area contributed by atoms with Gasteiger partial charge in [0.2, 0.25) is 5.91 Å². The fourth-order valence-corrected chi connectivity index (χ4v) is 5.04. The molecule has 7 nitrogen and oxygen atoms in total. The van der Waals surface area contributed by atoms with Crippen LogP contribution in [0.4, 0.5) is 0 Å². The van der Waals surface area contributed by atoms with E-state index in [0.29, 0.717) is 28.2 Å². The number of nitrogens with zero attached hydrogens (tertiary/aromatic N) is 4. The van der Waals surface area contributed by atoms with E-state index in [9.17, 15) is 9.59 Å². The monoisotopic (exact) mass is 493 g/mol. The van der Waals surface area contributed by atoms with Gasteiger partial charge in [-0.05, 0) is 29.8 Å². The zero-order valence-corrected chi connectivity index (χ0v) is 20.0. The molecule has 1 unspecified atom stereocenters. The Morgan fingerprint density at radius 3 is 2.56 bits per heavy atom. The van der Waals surface area contributed by atoms with Crippen molar-refractivity contribution in [3.05, 3.63) is 106 Å². The minimum atomic E-state index is -0.415. The van der Waals surface area contributed by atoms with Crippen LogP contribution in [0.25, 0.3) is 33.1 Å². The third-order valence-electron chi connectivity index (χ3n) is 6.46. The summed E-state index contributed by atoms with van der Waals surface area (Å²) in [6, 6.07) is 20.3. The fourth-order valence-electron chi connectivity index (χ4n) is 4.91. The Morgan fingerprint density at radius 2 is 1.75 bits per heavy atom. The van der Waals surface area contributed by atoms with E-state index in [1.165, 1.54) is 11.9 Å². The molecule has 0 fully saturated rings. The van der Waals surface area contributed by atoms with Gasteiger partial charge in [0, 0.05) is 52.8 Å². The molecule has 0 bridgehead atoms. The first-order valence-corrected chi connectivity index (χ1v) is 11.9. The molecule has 3 aromatic carbocycles. The number of carbonyl (C=O) groups excluding carboxylic acids is 1. The van der Waals surface area contributed by atoms with Crippen molar-refractivity contribution in [1.29, 1.82) is 0 Å². The van der Waals surface area contributed by atoms with E-state index in [2.05, 4.69) is 15.0 Å². The maximum absolute atomic E-state index is 13.5. The molecule has 36 heavy (non-hydrogen) atoms. The van der Waals surface area contributed by atoms with Crippen molar-refractivity contribution in [1.82, 2.24) is 20.0 Å². The molecule has 0 radical (unpaired) electrons. The number of rotatable bonds is 3. The van der Waals surface area contributed by atoms with Gasteiger partial charge in [-0.2, -0.15) is 5.10 Å². The first-order chi connectivity index (χ1) is 17.5. The van der Waals surface area contributed by atoms with Gasteiger partial charge in [-0.15, -0.1) is 0 Å². The Hall–Kier alpha value is -4.36. The third kappa shape index (κ3) is 3.65. The molecule has 176 valence electrons. The van der Waals surface area contributed by atoms with Gasteiger partial charge in [0.15, 0.2) is 0 Å². The highest BCUT2D eigenvalue weighted by atomic mass is 35.5. The summed E-state index contributed by atoms with van der Waals surface area (Å²) >= 11 is 6.16. The second-order valence-electron chi connectivity index (χ2n) is 8.66. The number of carbonyl (C=O) groups is 1. The number of benzene rings is 3. The van der Waals surface area contributed by atoms with Crippen LogP contribution in [0, 0.1) is 0 Å². The summed E-state index contributed by atoms with van der Waals surface area (Å²) in [5.74, 6) is -0.221. The summed E-state index contributed by atoms with van der Waals surface area (Å²) in [6.07, 6.45) is 3.63. The van der Waals surface area contributed by atoms with Gasteiger partial charge in [-0.25, -0.2) is 5.01 Å². The number of halogens is 1. The molecule has 1 atom stereocenters. The normalized spacial score (nSPS) is 15.4. The SMILES string of the molecule is CC(=O)N1N=C(c2c(-c3ccc(Cl)cc3)c3ccccc3[nH]c2=O)CC1c1cccc2nccnc12. The Morgan fingerprint density at radius 1 is 0.972 bits per heavy atom. The van der Waals surface area contributed by atoms with E-state index in [0.717, 1.165) is 33.1 Å². The van der Waals surface area contributed by atoms with Crippen LogP contribution in [0.15, 0.2) is 89.0 Å². The summed E-state index contributed by atoms with van der Waals surface area (Å²) in [7, 11) is 0. The van der Waals surface area contributed by atoms with Crippen LogP contribution in [0.5, 0.6) is 0 Å². The van der Waals surface area contributed by atoms with E-state index in [1.807, 2.05) is 54.6 Å². The van der Waals surface area contributed by atoms with E-state index >= 15 is 0 Å². The number of aromatic amines is 1. The Balaban J connectivity index is 1.57. The maximum atomic E-state index is 13.5. The standard InChI is InChI=1S/C28H20ClN5O2/c1-16(35)34-24(20-6-4-8-22-27(20)31-14-13-30-22)15-23(33-34)26-25(17-9-11-18(29)12-10-17)19-5-2-3-7-21(19)32-28(26)36/h2-14,24H,15H2,1H3,(H,32,36). The summed E-state index contributed by atoms with van der Waals surface area (Å²) in [6.45, 7) is 1.47. The number of aromatic nitrogens is 3. The molecule has 5 aromatic rings. The average Bonchev–Trinajstić information content (AvgIpc) is 3.33. The van der Waals surface area contributed by atoms with Crippen molar-refractivity contribution in [2.24, 2.45) is 5.10 Å². The zero-order chi connectivity index (χ0) is 24.8. The predicted molar refractivity (Wildman–Crippen MR) is 141 cm³/mol. The second-order valence-corrected chi connectivity index (χ2v) is 9.09. The quantitative estimate of drug-likeness (QED) is 0.360. The number of hydrogen-bond donors (Lipinski definition) is 1. The summed E-state index contributed by atoms with van der Waals surface area (Å²) in [4.78, 5) is 38.2. The second kappa shape index (κ2) is 8.70. The van der Waals surface area contributed by atoms with Crippen LogP contribution in [0.2, 0.25) is 5.02 Å². The van der Waals surface area contributed by atoms with E-state index in [-0.39, 0.29) is 11.5 Å². The van der Waals surface area contributed by atoms with Crippen molar-refractivity contribution in [2.45, 2.75) is 19.4 Å². The predicted octanol–water partition coefficient (Wildman–Crippen LogP) is 5.49. The highest BCUT2D eigenvalue weighted by Crippen LogP contribution is 2.38. The lowest BCUT2D eigenvalue weighted by atomic mass is 9.90. The number of para-hydroxylation sites is 2. The van der Waals surface area contributed by atoms with E-state index in [4.69, 9.17) is 16.7 Å². The molecule has 8 heteroatoms. The molecule has 3 heterocycles. The minimum Gasteiger partial charge on any atom is -0.321 e. The van der Waals surface area contributed by atoms with Crippen LogP contribution in [0.1, 0.15) is 30.5 Å². The smallest absolute Gasteiger partial charge is 0.258 e. The largest absolute Gasteiger partial charge is 0.321 e. The molecular formula is C28H20ClN5O2. The molecular weight excluding hydrogens is 474 g/mol. The van der Waals surface area contributed by atoms with Crippen molar-refractivity contribution < 1.29 is 4.79 Å². The number of pyridine rings is 1. The minimum absolute atomic E-state index is 0.221. The van der Waals surface area contributed by atoms with Gasteiger partial charge in [0.05, 0.1) is 28.4 Å². The summed E-state index contributed by atoms with van der Waals surface area (Å²) < 4.78 is 0. The van der Waals surface area contributed by atoms with Crippen LogP contribution < -0.4 is 5.56 Å². The van der Waals surface area contributed by atoms with Crippen LogP contribution in [-0.2, 0) is 4.79 Å². The number of nitrogens with one attached hydrogen (secondary N) is 1. The molecule has 6 rings (SSSR count). The van der Waals surface area contributed by atoms with Crippen molar-refractivity contribution in [2.75, 3.05) is 0 Å². The molecule has 1 N–H and O–H groups in total. The first kappa shape index (κ1) is 22.1. The van der Waals surface area contributed by atoms with Gasteiger partial charge in [0.1, 0.15) is 0 Å². The average molecular weight is 494 g/mol. The topological polar surface area (TPSA) is 91.3 Å². The fraction of sp³-hybridized carbons (Fsp3) is 0.107. The van der Waals surface area contributed by atoms with Gasteiger partial charge >= 0.3 is 0 Å². The lowest BCUT2D eigenvalue weighted by Crippen LogP contribution is -2.24. The van der Waals surface area contributed by atoms with Gasteiger partial charge in [-0.3, -0.25) is 19.6 Å². The van der Waals surface area contributed by atoms with Crippen molar-refractivity contribution in [3.8, 4) is 11.1 Å². The number of hydrazone groups is 1. The summed E-state index contributed by atoms with van der Waals surface area (Å²) in [5.41, 5.74) is 5.30. The Labute approximate surface area is 211 Å². The van der Waals surface area contributed by atoms with Crippen molar-refractivity contribution >= 4 is 45.2 Å². The molecule has 0 saturated carbocycles. The van der Waals surface area contributed by atoms with E-state index in [1.54, 1.807) is 24.5 Å². The molecule has 0 spiro atoms. The number of fused-ring (bicyclic) bond motifs is 2. The Kier molecular flexibility index (Phi) is 5.34. The van der Waals surface area contributed by atoms with Crippen LogP contribution in [0.3, 0.4) is 0 Å². The zero-order valence-electron chi connectivity index (χ0n) is 19.3. The van der Waals surface area contributed by atoms with E-state index < -0.39 is 6.04 Å². The molecule has 0 aliphatic carbocycles. The molecule has 1 amide bonds. The van der Waals surface area contributed by atoms with Crippen LogP contribution in [-0.4, -0.2) is 31.6 Å². The molecule has 1 aliphatic heterocycles. The number of H-pyrrole nitrogens is 1. The Bertz CT molecular complexity index is 1740. The lowest BCUT2D eigenvalue weighted by molar-refractivity contribution is -0.130. The van der Waals surface area contributed by atoms with Gasteiger partial charge in [0.25, 0.3) is 5.56 Å².